The van der Waals surface area contributed by atoms with E-state index in [4.69, 9.17) is 11.6 Å². The number of hydrogen-bond acceptors (Lipinski definition) is 4. The Bertz CT molecular complexity index is 1140. The van der Waals surface area contributed by atoms with E-state index in [0.717, 1.165) is 5.56 Å². The number of carbonyl (C=O) groups excluding carboxylic acids is 1. The van der Waals surface area contributed by atoms with Gasteiger partial charge < -0.3 is 9.88 Å². The van der Waals surface area contributed by atoms with E-state index in [9.17, 15) is 13.2 Å². The molecule has 9 heteroatoms. The summed E-state index contributed by atoms with van der Waals surface area (Å²) in [6.45, 7) is 3.78. The van der Waals surface area contributed by atoms with Crippen molar-refractivity contribution in [2.75, 3.05) is 4.31 Å². The first-order valence-corrected chi connectivity index (χ1v) is 11.1. The second-order valence-electron chi connectivity index (χ2n) is 7.19. The molecule has 3 rings (SSSR count). The number of nitrogens with one attached hydrogen (secondary N) is 1. The third-order valence-electron chi connectivity index (χ3n) is 4.29. The third-order valence-corrected chi connectivity index (χ3v) is 6.20. The zero-order valence-corrected chi connectivity index (χ0v) is 18.5. The number of halogens is 1. The molecule has 0 saturated heterocycles. The van der Waals surface area contributed by atoms with Crippen molar-refractivity contribution >= 4 is 33.2 Å². The lowest BCUT2D eigenvalue weighted by Gasteiger charge is -2.24. The average molecular weight is 447 g/mol. The number of hydrogen-bond donors (Lipinski definition) is 1. The molecule has 0 bridgehead atoms. The van der Waals surface area contributed by atoms with Crippen LogP contribution in [0.5, 0.6) is 0 Å². The number of aryl methyl sites for hydroxylation is 1. The summed E-state index contributed by atoms with van der Waals surface area (Å²) in [5, 5.41) is 3.30. The number of amides is 1. The molecule has 1 N–H and O–H groups in total. The molecule has 0 spiro atoms. The zero-order valence-electron chi connectivity index (χ0n) is 16.9. The van der Waals surface area contributed by atoms with Crippen LogP contribution in [-0.2, 0) is 23.6 Å². The number of nitrogens with zero attached hydrogens (tertiary/aromatic N) is 3. The van der Waals surface area contributed by atoms with Gasteiger partial charge >= 0.3 is 0 Å². The van der Waals surface area contributed by atoms with Crippen molar-refractivity contribution in [1.82, 2.24) is 14.9 Å². The van der Waals surface area contributed by atoms with Crippen LogP contribution >= 0.6 is 11.6 Å². The van der Waals surface area contributed by atoms with Crippen molar-refractivity contribution in [3.63, 3.8) is 0 Å². The van der Waals surface area contributed by atoms with Gasteiger partial charge in [0.25, 0.3) is 15.9 Å². The topological polar surface area (TPSA) is 84.3 Å². The van der Waals surface area contributed by atoms with Gasteiger partial charge in [-0.3, -0.25) is 9.10 Å². The Labute approximate surface area is 181 Å². The number of imidazole rings is 1. The molecule has 1 heterocycles. The number of carbonyl (C=O) groups is 1. The number of anilines is 1. The smallest absolute Gasteiger partial charge is 0.283 e. The molecule has 0 aliphatic heterocycles. The van der Waals surface area contributed by atoms with Gasteiger partial charge in [0.05, 0.1) is 18.6 Å². The van der Waals surface area contributed by atoms with Gasteiger partial charge in [-0.25, -0.2) is 4.98 Å². The summed E-state index contributed by atoms with van der Waals surface area (Å²) in [7, 11) is -2.27. The molecule has 0 atom stereocenters. The van der Waals surface area contributed by atoms with Crippen LogP contribution in [0.1, 0.15) is 29.8 Å². The van der Waals surface area contributed by atoms with E-state index in [2.05, 4.69) is 10.3 Å². The summed E-state index contributed by atoms with van der Waals surface area (Å²) in [4.78, 5) is 16.5. The van der Waals surface area contributed by atoms with Crippen LogP contribution in [0.3, 0.4) is 0 Å². The van der Waals surface area contributed by atoms with Gasteiger partial charge in [-0.1, -0.05) is 29.8 Å². The summed E-state index contributed by atoms with van der Waals surface area (Å²) in [5.74, 6) is -0.270. The Kier molecular flexibility index (Phi) is 6.48. The SMILES string of the molecule is CC(C)NC(=O)c1cccc(N(Cc2ccc(Cl)cc2)S(=O)(=O)c2cn(C)cn2)c1. The minimum Gasteiger partial charge on any atom is -0.350 e. The van der Waals surface area contributed by atoms with Crippen molar-refractivity contribution < 1.29 is 13.2 Å². The molecule has 30 heavy (non-hydrogen) atoms. The molecule has 1 amide bonds. The minimum atomic E-state index is -3.97. The molecule has 7 nitrogen and oxygen atoms in total. The molecule has 0 radical (unpaired) electrons. The maximum Gasteiger partial charge on any atom is 0.283 e. The van der Waals surface area contributed by atoms with Crippen LogP contribution in [0.4, 0.5) is 5.69 Å². The van der Waals surface area contributed by atoms with Crippen LogP contribution in [0.2, 0.25) is 5.02 Å². The molecule has 0 fully saturated rings. The van der Waals surface area contributed by atoms with Crippen LogP contribution in [0.25, 0.3) is 0 Å². The summed E-state index contributed by atoms with van der Waals surface area (Å²) < 4.78 is 29.6. The van der Waals surface area contributed by atoms with Gasteiger partial charge in [0.1, 0.15) is 0 Å². The second-order valence-corrected chi connectivity index (χ2v) is 9.44. The highest BCUT2D eigenvalue weighted by molar-refractivity contribution is 7.92. The van der Waals surface area contributed by atoms with Gasteiger partial charge in [0, 0.05) is 29.9 Å². The third kappa shape index (κ3) is 5.01. The highest BCUT2D eigenvalue weighted by atomic mass is 35.5. The van der Waals surface area contributed by atoms with Crippen molar-refractivity contribution in [2.24, 2.45) is 7.05 Å². The van der Waals surface area contributed by atoms with Gasteiger partial charge in [0.15, 0.2) is 5.03 Å². The Morgan fingerprint density at radius 3 is 2.50 bits per heavy atom. The first-order chi connectivity index (χ1) is 14.2. The van der Waals surface area contributed by atoms with Gasteiger partial charge in [-0.2, -0.15) is 8.42 Å². The van der Waals surface area contributed by atoms with Crippen molar-refractivity contribution in [3.05, 3.63) is 77.2 Å². The number of sulfonamides is 1. The van der Waals surface area contributed by atoms with E-state index >= 15 is 0 Å². The Morgan fingerprint density at radius 1 is 1.20 bits per heavy atom. The van der Waals surface area contributed by atoms with E-state index in [-0.39, 0.29) is 23.5 Å². The van der Waals surface area contributed by atoms with E-state index < -0.39 is 10.0 Å². The van der Waals surface area contributed by atoms with E-state index in [0.29, 0.717) is 16.3 Å². The van der Waals surface area contributed by atoms with Crippen LogP contribution in [-0.4, -0.2) is 29.9 Å². The molecule has 0 aliphatic carbocycles. The first-order valence-electron chi connectivity index (χ1n) is 9.33. The molecular formula is C21H23ClN4O3S. The van der Waals surface area contributed by atoms with Crippen molar-refractivity contribution in [2.45, 2.75) is 31.5 Å². The quantitative estimate of drug-likeness (QED) is 0.600. The van der Waals surface area contributed by atoms with Gasteiger partial charge in [-0.15, -0.1) is 0 Å². The van der Waals surface area contributed by atoms with Crippen LogP contribution in [0, 0.1) is 0 Å². The summed E-state index contributed by atoms with van der Waals surface area (Å²) in [6, 6.07) is 13.4. The van der Waals surface area contributed by atoms with E-state index in [1.807, 2.05) is 13.8 Å². The molecule has 2 aromatic carbocycles. The Hall–Kier alpha value is -2.84. The highest BCUT2D eigenvalue weighted by Gasteiger charge is 2.28. The monoisotopic (exact) mass is 446 g/mol. The lowest BCUT2D eigenvalue weighted by Crippen LogP contribution is -2.32. The maximum absolute atomic E-state index is 13.4. The summed E-state index contributed by atoms with van der Waals surface area (Å²) >= 11 is 5.96. The van der Waals surface area contributed by atoms with Gasteiger partial charge in [0.2, 0.25) is 0 Å². The van der Waals surface area contributed by atoms with E-state index in [1.165, 1.54) is 16.8 Å². The molecule has 3 aromatic rings. The fraction of sp³-hybridized carbons (Fsp3) is 0.238. The predicted octanol–water partition coefficient (Wildman–Crippen LogP) is 3.61. The van der Waals surface area contributed by atoms with Crippen molar-refractivity contribution in [1.29, 1.82) is 0 Å². The zero-order chi connectivity index (χ0) is 21.9. The number of rotatable bonds is 7. The maximum atomic E-state index is 13.4. The molecule has 0 saturated carbocycles. The highest BCUT2D eigenvalue weighted by Crippen LogP contribution is 2.26. The number of benzene rings is 2. The Balaban J connectivity index is 2.05. The Morgan fingerprint density at radius 2 is 1.90 bits per heavy atom. The largest absolute Gasteiger partial charge is 0.350 e. The molecular weight excluding hydrogens is 424 g/mol. The number of aromatic nitrogens is 2. The molecule has 0 unspecified atom stereocenters. The van der Waals surface area contributed by atoms with Crippen LogP contribution < -0.4 is 9.62 Å². The molecule has 1 aromatic heterocycles. The lowest BCUT2D eigenvalue weighted by molar-refractivity contribution is 0.0943. The minimum absolute atomic E-state index is 0.0384. The lowest BCUT2D eigenvalue weighted by atomic mass is 10.1. The average Bonchev–Trinajstić information content (AvgIpc) is 3.14. The molecule has 0 aliphatic rings. The molecule has 158 valence electrons. The summed E-state index contributed by atoms with van der Waals surface area (Å²) in [5.41, 5.74) is 1.49. The standard InChI is InChI=1S/C21H23ClN4O3S/c1-15(2)24-21(27)17-5-4-6-19(11-17)26(12-16-7-9-18(22)10-8-16)30(28,29)20-13-25(3)14-23-20/h4-11,13-15H,12H2,1-3H3,(H,24,27). The fourth-order valence-electron chi connectivity index (χ4n) is 2.85. The normalized spacial score (nSPS) is 11.5. The summed E-state index contributed by atoms with van der Waals surface area (Å²) in [6.07, 6.45) is 2.87. The fourth-order valence-corrected chi connectivity index (χ4v) is 4.40. The van der Waals surface area contributed by atoms with Crippen molar-refractivity contribution in [3.8, 4) is 0 Å². The van der Waals surface area contributed by atoms with E-state index in [1.54, 1.807) is 60.1 Å². The predicted molar refractivity (Wildman–Crippen MR) is 117 cm³/mol. The van der Waals surface area contributed by atoms with Crippen LogP contribution in [0.15, 0.2) is 66.1 Å². The first kappa shape index (κ1) is 21.9. The second kappa shape index (κ2) is 8.89. The van der Waals surface area contributed by atoms with Gasteiger partial charge in [-0.05, 0) is 49.7 Å².